The SMILES string of the molecule is [Al+2][C](c1ccc(Cl)cc1)(c1ccc(Cl)cc1)c1ccc(Cl)cc1.[Al+2][C](c1ccc(Cl)cc1)(c1ccc(Cl)cc1)c1ccc(Cl)cc1.[Cl-].[Cl-].[Cl-].[Cl-]. The molecule has 6 aromatic rings. The molecule has 0 amide bonds. The quantitative estimate of drug-likeness (QED) is 0.166. The zero-order valence-corrected chi connectivity index (χ0v) is 35.7. The number of benzene rings is 6. The summed E-state index contributed by atoms with van der Waals surface area (Å²) in [6.45, 7) is 0. The summed E-state index contributed by atoms with van der Waals surface area (Å²) in [6.07, 6.45) is 0. The molecule has 0 spiro atoms. The van der Waals surface area contributed by atoms with Gasteiger partial charge in [-0.2, -0.15) is 0 Å². The first-order valence-electron chi connectivity index (χ1n) is 14.1. The van der Waals surface area contributed by atoms with Crippen LogP contribution >= 0.6 is 69.6 Å². The van der Waals surface area contributed by atoms with E-state index in [0.29, 0.717) is 30.1 Å². The number of hydrogen-bond donors (Lipinski definition) is 0. The molecule has 0 atom stereocenters. The molecule has 0 heterocycles. The Morgan fingerprint density at radius 1 is 0.240 bits per heavy atom. The molecule has 0 aliphatic rings. The summed E-state index contributed by atoms with van der Waals surface area (Å²) < 4.78 is -0.806. The van der Waals surface area contributed by atoms with Gasteiger partial charge in [0.25, 0.3) is 0 Å². The van der Waals surface area contributed by atoms with E-state index in [-0.39, 0.29) is 49.6 Å². The molecular weight excluding hydrogens is 865 g/mol. The maximum Gasteiger partial charge on any atom is -1.00 e. The normalized spacial score (nSPS) is 10.6. The topological polar surface area (TPSA) is 0 Å². The predicted molar refractivity (Wildman–Crippen MR) is 200 cm³/mol. The minimum absolute atomic E-state index is 0. The van der Waals surface area contributed by atoms with E-state index in [9.17, 15) is 0 Å². The van der Waals surface area contributed by atoms with Crippen LogP contribution in [-0.2, 0) is 8.55 Å². The van der Waals surface area contributed by atoms with Gasteiger partial charge in [0.1, 0.15) is 0 Å². The first-order chi connectivity index (χ1) is 22.0. The monoisotopic (exact) mass is 884 g/mol. The first kappa shape index (κ1) is 47.3. The van der Waals surface area contributed by atoms with Crippen molar-refractivity contribution < 1.29 is 49.6 Å². The number of hydrogen-bond acceptors (Lipinski definition) is 0. The Bertz CT molecular complexity index is 1520. The second kappa shape index (κ2) is 21.2. The molecule has 0 N–H and O–H groups in total. The van der Waals surface area contributed by atoms with Crippen molar-refractivity contribution in [1.29, 1.82) is 0 Å². The fourth-order valence-electron chi connectivity index (χ4n) is 5.28. The summed E-state index contributed by atoms with van der Waals surface area (Å²) in [7, 11) is 0. The summed E-state index contributed by atoms with van der Waals surface area (Å²) in [6, 6.07) is 47.3. The Labute approximate surface area is 365 Å². The molecule has 0 nitrogen and oxygen atoms in total. The van der Waals surface area contributed by atoms with Gasteiger partial charge in [-0.3, -0.25) is 0 Å². The number of halogens is 10. The Kier molecular flexibility index (Phi) is 20.1. The smallest absolute Gasteiger partial charge is 1.00 e. The van der Waals surface area contributed by atoms with Crippen molar-refractivity contribution in [3.05, 3.63) is 209 Å². The van der Waals surface area contributed by atoms with Gasteiger partial charge in [-0.05, 0) is 0 Å². The third kappa shape index (κ3) is 11.2. The molecule has 50 heavy (non-hydrogen) atoms. The molecule has 0 saturated carbocycles. The van der Waals surface area contributed by atoms with E-state index in [1.165, 1.54) is 0 Å². The van der Waals surface area contributed by atoms with Crippen LogP contribution in [0.2, 0.25) is 30.1 Å². The predicted octanol–water partition coefficient (Wildman–Crippen LogP) is 0.230. The van der Waals surface area contributed by atoms with Crippen molar-refractivity contribution in [3.63, 3.8) is 0 Å². The van der Waals surface area contributed by atoms with Crippen molar-refractivity contribution in [3.8, 4) is 0 Å². The second-order valence-electron chi connectivity index (χ2n) is 10.7. The fourth-order valence-corrected chi connectivity index (χ4v) is 7.19. The number of rotatable bonds is 6. The zero-order chi connectivity index (χ0) is 32.9. The molecular formula is C38H24Al2Cl10. The van der Waals surface area contributed by atoms with Gasteiger partial charge in [-0.15, -0.1) is 0 Å². The van der Waals surface area contributed by atoms with Crippen LogP contribution in [0.25, 0.3) is 0 Å². The van der Waals surface area contributed by atoms with Gasteiger partial charge in [-0.25, -0.2) is 0 Å². The zero-order valence-electron chi connectivity index (χ0n) is 25.8. The van der Waals surface area contributed by atoms with E-state index in [1.54, 1.807) is 0 Å². The summed E-state index contributed by atoms with van der Waals surface area (Å²) in [5.41, 5.74) is 6.73. The second-order valence-corrected chi connectivity index (χ2v) is 15.0. The standard InChI is InChI=1S/2C19H12Cl3.2Al.4ClH/c2*20-16-7-1-13(2-8-16)19(14-3-9-17(21)10-4-14)15-5-11-18(22)12-6-15;;;;;;/h2*1-12H;;;4*1H/q;;2*+2;;;;/p-4. The molecule has 252 valence electrons. The van der Waals surface area contributed by atoms with Crippen molar-refractivity contribution in [2.24, 2.45) is 0 Å². The molecule has 0 aliphatic carbocycles. The average molecular weight is 889 g/mol. The van der Waals surface area contributed by atoms with E-state index in [1.807, 2.05) is 146 Å². The van der Waals surface area contributed by atoms with Crippen molar-refractivity contribution >= 4 is 102 Å². The van der Waals surface area contributed by atoms with Crippen LogP contribution in [0.15, 0.2) is 146 Å². The van der Waals surface area contributed by atoms with E-state index in [2.05, 4.69) is 32.6 Å². The van der Waals surface area contributed by atoms with Crippen LogP contribution in [0.1, 0.15) is 33.4 Å². The van der Waals surface area contributed by atoms with Crippen LogP contribution in [-0.4, -0.2) is 32.6 Å². The fraction of sp³-hybridized carbons (Fsp3) is 0.0526. The summed E-state index contributed by atoms with van der Waals surface area (Å²) in [5, 5.41) is 4.30. The van der Waals surface area contributed by atoms with Gasteiger partial charge >= 0.3 is 320 Å². The van der Waals surface area contributed by atoms with Crippen LogP contribution in [0.3, 0.4) is 0 Å². The van der Waals surface area contributed by atoms with Crippen molar-refractivity contribution in [2.45, 2.75) is 8.55 Å². The summed E-state index contributed by atoms with van der Waals surface area (Å²) >= 11 is 42.3. The van der Waals surface area contributed by atoms with E-state index in [0.717, 1.165) is 33.4 Å². The van der Waals surface area contributed by atoms with E-state index >= 15 is 0 Å². The molecule has 0 saturated heterocycles. The molecule has 0 fully saturated rings. The van der Waals surface area contributed by atoms with Crippen LogP contribution in [0.5, 0.6) is 0 Å². The Balaban J connectivity index is 0.000000463. The minimum Gasteiger partial charge on any atom is -1.00 e. The van der Waals surface area contributed by atoms with Crippen molar-refractivity contribution in [2.75, 3.05) is 0 Å². The molecule has 0 bridgehead atoms. The van der Waals surface area contributed by atoms with Gasteiger partial charge in [0, 0.05) is 0 Å². The molecule has 0 aromatic heterocycles. The Morgan fingerprint density at radius 2 is 0.340 bits per heavy atom. The minimum atomic E-state index is -0.403. The molecule has 0 radical (unpaired) electrons. The van der Waals surface area contributed by atoms with Gasteiger partial charge < -0.3 is 49.6 Å². The first-order valence-corrected chi connectivity index (χ1v) is 17.6. The average Bonchev–Trinajstić information content (AvgIpc) is 3.06. The largest absolute Gasteiger partial charge is 1.00 e. The maximum absolute atomic E-state index is 6.05. The van der Waals surface area contributed by atoms with E-state index in [4.69, 9.17) is 69.6 Å². The van der Waals surface area contributed by atoms with Gasteiger partial charge in [0.05, 0.1) is 0 Å². The molecule has 12 heteroatoms. The van der Waals surface area contributed by atoms with Crippen LogP contribution < -0.4 is 49.6 Å². The molecule has 6 aromatic carbocycles. The third-order valence-electron chi connectivity index (χ3n) is 7.80. The van der Waals surface area contributed by atoms with Crippen molar-refractivity contribution in [1.82, 2.24) is 0 Å². The van der Waals surface area contributed by atoms with Crippen LogP contribution in [0.4, 0.5) is 0 Å². The van der Waals surface area contributed by atoms with Gasteiger partial charge in [-0.1, -0.05) is 0 Å². The Hall–Kier alpha value is -0.715. The molecule has 6 rings (SSSR count). The summed E-state index contributed by atoms with van der Waals surface area (Å²) in [5.74, 6) is 0. The maximum atomic E-state index is 6.05. The summed E-state index contributed by atoms with van der Waals surface area (Å²) in [4.78, 5) is 0. The Morgan fingerprint density at radius 3 is 0.440 bits per heavy atom. The third-order valence-corrected chi connectivity index (χ3v) is 11.3. The van der Waals surface area contributed by atoms with Gasteiger partial charge in [0.15, 0.2) is 0 Å². The van der Waals surface area contributed by atoms with E-state index < -0.39 is 8.55 Å². The molecule has 0 unspecified atom stereocenters. The van der Waals surface area contributed by atoms with Crippen LogP contribution in [0, 0.1) is 0 Å². The molecule has 0 aliphatic heterocycles. The van der Waals surface area contributed by atoms with Gasteiger partial charge in [0.2, 0.25) is 0 Å².